The van der Waals surface area contributed by atoms with E-state index in [1.54, 1.807) is 18.2 Å². The Morgan fingerprint density at radius 1 is 1.33 bits per heavy atom. The van der Waals surface area contributed by atoms with Crippen LogP contribution in [0.15, 0.2) is 22.7 Å². The first kappa shape index (κ1) is 16.1. The van der Waals surface area contributed by atoms with Crippen LogP contribution in [0.1, 0.15) is 12.8 Å². The van der Waals surface area contributed by atoms with Crippen molar-refractivity contribution in [2.75, 3.05) is 18.5 Å². The fraction of sp³-hybridized carbons (Fsp3) is 0.385. The van der Waals surface area contributed by atoms with E-state index in [9.17, 15) is 14.7 Å². The lowest BCUT2D eigenvalue weighted by Crippen LogP contribution is -2.58. The molecule has 2 amide bonds. The van der Waals surface area contributed by atoms with Crippen molar-refractivity contribution in [3.8, 4) is 0 Å². The molecule has 1 aromatic carbocycles. The Morgan fingerprint density at radius 3 is 2.57 bits per heavy atom. The molecule has 1 aromatic rings. The molecule has 0 atom stereocenters. The van der Waals surface area contributed by atoms with Gasteiger partial charge in [-0.2, -0.15) is 0 Å². The summed E-state index contributed by atoms with van der Waals surface area (Å²) >= 11 is 9.19. The Hall–Kier alpha value is -1.31. The van der Waals surface area contributed by atoms with Crippen molar-refractivity contribution in [1.82, 2.24) is 5.32 Å². The lowest BCUT2D eigenvalue weighted by molar-refractivity contribution is -0.148. The lowest BCUT2D eigenvalue weighted by atomic mass is 9.90. The third-order valence-corrected chi connectivity index (χ3v) is 4.52. The van der Waals surface area contributed by atoms with Crippen LogP contribution in [0.25, 0.3) is 0 Å². The van der Waals surface area contributed by atoms with E-state index < -0.39 is 17.5 Å². The van der Waals surface area contributed by atoms with Crippen LogP contribution in [0, 0.1) is 0 Å². The Labute approximate surface area is 134 Å². The molecular formula is C13H14BrClN2O4. The highest BCUT2D eigenvalue weighted by molar-refractivity contribution is 9.10. The number of anilines is 1. The fourth-order valence-corrected chi connectivity index (χ4v) is 2.49. The highest BCUT2D eigenvalue weighted by atomic mass is 79.9. The number of hydrogen-bond donors (Lipinski definition) is 3. The van der Waals surface area contributed by atoms with Crippen LogP contribution in [0.2, 0.25) is 5.02 Å². The second-order valence-corrected chi connectivity index (χ2v) is 5.97. The summed E-state index contributed by atoms with van der Waals surface area (Å²) in [6, 6.07) is 4.34. The molecule has 1 aliphatic heterocycles. The average Bonchev–Trinajstić information content (AvgIpc) is 2.43. The quantitative estimate of drug-likeness (QED) is 0.756. The standard InChI is InChI=1S/C13H14BrClN2O4/c14-9-2-1-8(7-10(9)15)16-12(20)17-13(11(18)19)3-5-21-6-4-13/h1-2,7H,3-6H2,(H,18,19)(H2,16,17,20). The minimum Gasteiger partial charge on any atom is -0.480 e. The molecule has 1 fully saturated rings. The normalized spacial score (nSPS) is 17.0. The van der Waals surface area contributed by atoms with Crippen molar-refractivity contribution in [2.24, 2.45) is 0 Å². The zero-order valence-corrected chi connectivity index (χ0v) is 13.3. The van der Waals surface area contributed by atoms with Crippen LogP contribution >= 0.6 is 27.5 Å². The van der Waals surface area contributed by atoms with Crippen molar-refractivity contribution in [3.05, 3.63) is 27.7 Å². The molecule has 0 radical (unpaired) electrons. The van der Waals surface area contributed by atoms with Gasteiger partial charge in [-0.15, -0.1) is 0 Å². The van der Waals surface area contributed by atoms with E-state index in [1.807, 2.05) is 0 Å². The Balaban J connectivity index is 2.05. The maximum Gasteiger partial charge on any atom is 0.329 e. The van der Waals surface area contributed by atoms with E-state index in [0.29, 0.717) is 28.4 Å². The summed E-state index contributed by atoms with van der Waals surface area (Å²) in [5.74, 6) is -1.06. The lowest BCUT2D eigenvalue weighted by Gasteiger charge is -2.33. The van der Waals surface area contributed by atoms with E-state index in [2.05, 4.69) is 26.6 Å². The third kappa shape index (κ3) is 3.87. The predicted octanol–water partition coefficient (Wildman–Crippen LogP) is 2.86. The molecule has 0 spiro atoms. The predicted molar refractivity (Wildman–Crippen MR) is 81.7 cm³/mol. The molecule has 2 rings (SSSR count). The second-order valence-electron chi connectivity index (χ2n) is 4.71. The van der Waals surface area contributed by atoms with Gasteiger partial charge in [0.15, 0.2) is 0 Å². The van der Waals surface area contributed by atoms with Crippen molar-refractivity contribution in [3.63, 3.8) is 0 Å². The molecule has 1 heterocycles. The van der Waals surface area contributed by atoms with Crippen LogP contribution in [-0.2, 0) is 9.53 Å². The number of urea groups is 1. The SMILES string of the molecule is O=C(Nc1ccc(Br)c(Cl)c1)NC1(C(=O)O)CCOCC1. The highest BCUT2D eigenvalue weighted by Gasteiger charge is 2.41. The number of carbonyl (C=O) groups excluding carboxylic acids is 1. The van der Waals surface area contributed by atoms with Crippen LogP contribution in [0.3, 0.4) is 0 Å². The maximum absolute atomic E-state index is 12.0. The van der Waals surface area contributed by atoms with Crippen LogP contribution in [-0.4, -0.2) is 35.9 Å². The molecule has 0 saturated carbocycles. The van der Waals surface area contributed by atoms with E-state index >= 15 is 0 Å². The maximum atomic E-state index is 12.0. The summed E-state index contributed by atoms with van der Waals surface area (Å²) in [6.45, 7) is 0.605. The minimum absolute atomic E-state index is 0.233. The summed E-state index contributed by atoms with van der Waals surface area (Å²) in [5, 5.41) is 14.9. The molecular weight excluding hydrogens is 364 g/mol. The number of carbonyl (C=O) groups is 2. The van der Waals surface area contributed by atoms with Crippen LogP contribution < -0.4 is 10.6 Å². The first-order chi connectivity index (χ1) is 9.93. The van der Waals surface area contributed by atoms with Gasteiger partial charge in [0.05, 0.1) is 5.02 Å². The monoisotopic (exact) mass is 376 g/mol. The summed E-state index contributed by atoms with van der Waals surface area (Å²) in [4.78, 5) is 23.4. The van der Waals surface area contributed by atoms with E-state index in [4.69, 9.17) is 16.3 Å². The molecule has 0 aromatic heterocycles. The first-order valence-corrected chi connectivity index (χ1v) is 7.45. The molecule has 1 aliphatic rings. The Kier molecular flexibility index (Phi) is 5.08. The highest BCUT2D eigenvalue weighted by Crippen LogP contribution is 2.26. The van der Waals surface area contributed by atoms with Gasteiger partial charge < -0.3 is 20.5 Å². The number of amides is 2. The zero-order valence-electron chi connectivity index (χ0n) is 11.0. The van der Waals surface area contributed by atoms with Gasteiger partial charge in [-0.1, -0.05) is 11.6 Å². The number of carboxylic acids is 1. The van der Waals surface area contributed by atoms with E-state index in [0.717, 1.165) is 0 Å². The number of nitrogens with one attached hydrogen (secondary N) is 2. The number of rotatable bonds is 3. The molecule has 0 aliphatic carbocycles. The van der Waals surface area contributed by atoms with Crippen LogP contribution in [0.4, 0.5) is 10.5 Å². The van der Waals surface area contributed by atoms with Gasteiger partial charge in [-0.3, -0.25) is 0 Å². The summed E-state index contributed by atoms with van der Waals surface area (Å²) < 4.78 is 5.86. The average molecular weight is 378 g/mol. The van der Waals surface area contributed by atoms with Crippen molar-refractivity contribution < 1.29 is 19.4 Å². The molecule has 21 heavy (non-hydrogen) atoms. The Morgan fingerprint density at radius 2 is 2.00 bits per heavy atom. The van der Waals surface area contributed by atoms with E-state index in [-0.39, 0.29) is 12.8 Å². The second kappa shape index (κ2) is 6.64. The number of aliphatic carboxylic acids is 1. The number of benzene rings is 1. The molecule has 1 saturated heterocycles. The van der Waals surface area contributed by atoms with Crippen molar-refractivity contribution in [2.45, 2.75) is 18.4 Å². The van der Waals surface area contributed by atoms with Gasteiger partial charge in [-0.05, 0) is 34.1 Å². The van der Waals surface area contributed by atoms with Gasteiger partial charge in [-0.25, -0.2) is 9.59 Å². The minimum atomic E-state index is -1.29. The molecule has 3 N–H and O–H groups in total. The Bertz CT molecular complexity index is 561. The van der Waals surface area contributed by atoms with E-state index in [1.165, 1.54) is 0 Å². The molecule has 0 unspecified atom stereocenters. The first-order valence-electron chi connectivity index (χ1n) is 6.28. The van der Waals surface area contributed by atoms with Gasteiger partial charge in [0.25, 0.3) is 0 Å². The van der Waals surface area contributed by atoms with Crippen molar-refractivity contribution >= 4 is 45.2 Å². The van der Waals surface area contributed by atoms with Gasteiger partial charge in [0, 0.05) is 36.2 Å². The molecule has 6 nitrogen and oxygen atoms in total. The molecule has 0 bridgehead atoms. The number of carboxylic acid groups (broad SMARTS) is 1. The molecule has 114 valence electrons. The van der Waals surface area contributed by atoms with Gasteiger partial charge >= 0.3 is 12.0 Å². The summed E-state index contributed by atoms with van der Waals surface area (Å²) in [5.41, 5.74) is -0.810. The topological polar surface area (TPSA) is 87.7 Å². The van der Waals surface area contributed by atoms with Gasteiger partial charge in [0.1, 0.15) is 5.54 Å². The number of halogens is 2. The number of ether oxygens (including phenoxy) is 1. The van der Waals surface area contributed by atoms with Crippen LogP contribution in [0.5, 0.6) is 0 Å². The largest absolute Gasteiger partial charge is 0.480 e. The van der Waals surface area contributed by atoms with Gasteiger partial charge in [0.2, 0.25) is 0 Å². The molecule has 8 heteroatoms. The summed E-state index contributed by atoms with van der Waals surface area (Å²) in [6.07, 6.45) is 0.466. The number of hydrogen-bond acceptors (Lipinski definition) is 3. The van der Waals surface area contributed by atoms with Crippen molar-refractivity contribution in [1.29, 1.82) is 0 Å². The third-order valence-electron chi connectivity index (χ3n) is 3.29. The fourth-order valence-electron chi connectivity index (χ4n) is 2.07. The zero-order chi connectivity index (χ0) is 15.5. The summed E-state index contributed by atoms with van der Waals surface area (Å²) in [7, 11) is 0. The smallest absolute Gasteiger partial charge is 0.329 e.